The lowest BCUT2D eigenvalue weighted by atomic mass is 10.0. The van der Waals surface area contributed by atoms with Crippen LogP contribution in [0.3, 0.4) is 0 Å². The molecule has 0 fully saturated rings. The average molecular weight is 307 g/mol. The summed E-state index contributed by atoms with van der Waals surface area (Å²) in [4.78, 5) is 0.189. The first-order valence-corrected chi connectivity index (χ1v) is 8.32. The number of hydrogen-bond acceptors (Lipinski definition) is 3. The second kappa shape index (κ2) is 5.85. The van der Waals surface area contributed by atoms with Gasteiger partial charge in [0, 0.05) is 5.56 Å². The molecule has 0 aliphatic carbocycles. The van der Waals surface area contributed by atoms with Gasteiger partial charge in [0.05, 0.1) is 16.3 Å². The van der Waals surface area contributed by atoms with Crippen molar-refractivity contribution in [3.05, 3.63) is 59.4 Å². The molecule has 0 bridgehead atoms. The molecule has 5 heteroatoms. The molecule has 0 saturated carbocycles. The molecule has 0 amide bonds. The highest BCUT2D eigenvalue weighted by Crippen LogP contribution is 2.23. The Morgan fingerprint density at radius 2 is 1.71 bits per heavy atom. The molecule has 0 atom stereocenters. The Balaban J connectivity index is 2.32. The molecule has 2 rings (SSSR count). The topological polar surface area (TPSA) is 60.2 Å². The van der Waals surface area contributed by atoms with Gasteiger partial charge in [-0.2, -0.15) is 0 Å². The van der Waals surface area contributed by atoms with Crippen molar-refractivity contribution in [2.45, 2.75) is 30.4 Å². The average Bonchev–Trinajstić information content (AvgIpc) is 2.44. The van der Waals surface area contributed by atoms with Gasteiger partial charge < -0.3 is 5.73 Å². The van der Waals surface area contributed by atoms with Gasteiger partial charge in [-0.1, -0.05) is 38.1 Å². The number of rotatable bonds is 4. The number of halogens is 1. The van der Waals surface area contributed by atoms with E-state index in [9.17, 15) is 12.8 Å². The summed E-state index contributed by atoms with van der Waals surface area (Å²) in [6.45, 7) is 4.07. The van der Waals surface area contributed by atoms with Crippen LogP contribution in [-0.2, 0) is 15.6 Å². The first kappa shape index (κ1) is 15.5. The Kier molecular flexibility index (Phi) is 4.32. The number of hydrogen-bond donors (Lipinski definition) is 1. The fraction of sp³-hybridized carbons (Fsp3) is 0.250. The zero-order valence-electron chi connectivity index (χ0n) is 12.0. The van der Waals surface area contributed by atoms with Crippen LogP contribution in [0.4, 0.5) is 10.1 Å². The fourth-order valence-corrected chi connectivity index (χ4v) is 3.41. The first-order valence-electron chi connectivity index (χ1n) is 6.67. The fourth-order valence-electron chi connectivity index (χ4n) is 2.06. The van der Waals surface area contributed by atoms with E-state index in [0.717, 1.165) is 5.56 Å². The normalized spacial score (nSPS) is 11.8. The van der Waals surface area contributed by atoms with Crippen LogP contribution in [0.2, 0.25) is 0 Å². The summed E-state index contributed by atoms with van der Waals surface area (Å²) in [5.74, 6) is -0.738. The molecule has 0 spiro atoms. The first-order chi connectivity index (χ1) is 9.81. The summed E-state index contributed by atoms with van der Waals surface area (Å²) in [5, 5.41) is 0. The van der Waals surface area contributed by atoms with Crippen molar-refractivity contribution in [1.82, 2.24) is 0 Å². The number of anilines is 1. The molecule has 2 aromatic rings. The second-order valence-corrected chi connectivity index (χ2v) is 7.29. The van der Waals surface area contributed by atoms with Crippen LogP contribution >= 0.6 is 0 Å². The highest BCUT2D eigenvalue weighted by molar-refractivity contribution is 7.90. The van der Waals surface area contributed by atoms with Crippen LogP contribution < -0.4 is 5.73 Å². The van der Waals surface area contributed by atoms with Crippen molar-refractivity contribution in [2.24, 2.45) is 0 Å². The van der Waals surface area contributed by atoms with Crippen LogP contribution in [0.1, 0.15) is 30.9 Å². The number of sulfone groups is 1. The summed E-state index contributed by atoms with van der Waals surface area (Å²) in [6.07, 6.45) is 0. The molecule has 3 nitrogen and oxygen atoms in total. The second-order valence-electron chi connectivity index (χ2n) is 5.30. The van der Waals surface area contributed by atoms with Crippen molar-refractivity contribution in [3.8, 4) is 0 Å². The van der Waals surface area contributed by atoms with Crippen molar-refractivity contribution in [1.29, 1.82) is 0 Å². The van der Waals surface area contributed by atoms with Crippen LogP contribution in [-0.4, -0.2) is 8.42 Å². The monoisotopic (exact) mass is 307 g/mol. The van der Waals surface area contributed by atoms with Crippen molar-refractivity contribution in [3.63, 3.8) is 0 Å². The zero-order valence-corrected chi connectivity index (χ0v) is 12.8. The molecule has 2 aromatic carbocycles. The zero-order chi connectivity index (χ0) is 15.6. The van der Waals surface area contributed by atoms with Crippen LogP contribution in [0, 0.1) is 5.82 Å². The molecular weight excluding hydrogens is 289 g/mol. The van der Waals surface area contributed by atoms with E-state index in [1.165, 1.54) is 12.1 Å². The molecule has 0 radical (unpaired) electrons. The molecular formula is C16H18FNO2S. The third-order valence-electron chi connectivity index (χ3n) is 3.36. The van der Waals surface area contributed by atoms with Crippen LogP contribution in [0.15, 0.2) is 47.4 Å². The van der Waals surface area contributed by atoms with Gasteiger partial charge in [0.2, 0.25) is 0 Å². The number of benzene rings is 2. The van der Waals surface area contributed by atoms with Crippen molar-refractivity contribution >= 4 is 15.5 Å². The van der Waals surface area contributed by atoms with Gasteiger partial charge in [-0.15, -0.1) is 0 Å². The van der Waals surface area contributed by atoms with Gasteiger partial charge in [-0.25, -0.2) is 12.8 Å². The van der Waals surface area contributed by atoms with E-state index in [0.29, 0.717) is 5.92 Å². The smallest absolute Gasteiger partial charge is 0.182 e. The molecule has 0 aliphatic heterocycles. The Morgan fingerprint density at radius 3 is 2.29 bits per heavy atom. The van der Waals surface area contributed by atoms with Crippen molar-refractivity contribution in [2.75, 3.05) is 5.73 Å². The maximum absolute atomic E-state index is 13.8. The molecule has 0 saturated heterocycles. The highest BCUT2D eigenvalue weighted by atomic mass is 32.2. The van der Waals surface area contributed by atoms with Crippen molar-refractivity contribution < 1.29 is 12.8 Å². The quantitative estimate of drug-likeness (QED) is 0.879. The van der Waals surface area contributed by atoms with E-state index in [-0.39, 0.29) is 16.1 Å². The maximum Gasteiger partial charge on any atom is 0.182 e. The van der Waals surface area contributed by atoms with E-state index in [4.69, 9.17) is 5.73 Å². The van der Waals surface area contributed by atoms with Gasteiger partial charge in [-0.05, 0) is 29.7 Å². The van der Waals surface area contributed by atoms with Gasteiger partial charge >= 0.3 is 0 Å². The minimum absolute atomic E-state index is 0.0437. The van der Waals surface area contributed by atoms with E-state index in [1.54, 1.807) is 30.3 Å². The minimum atomic E-state index is -3.59. The lowest BCUT2D eigenvalue weighted by Crippen LogP contribution is -2.08. The lowest BCUT2D eigenvalue weighted by Gasteiger charge is -2.09. The van der Waals surface area contributed by atoms with Crippen LogP contribution in [0.5, 0.6) is 0 Å². The summed E-state index contributed by atoms with van der Waals surface area (Å²) >= 11 is 0. The summed E-state index contributed by atoms with van der Waals surface area (Å²) in [6, 6.07) is 11.1. The molecule has 0 aromatic heterocycles. The summed E-state index contributed by atoms with van der Waals surface area (Å²) in [5.41, 5.74) is 6.56. The number of nitrogens with two attached hydrogens (primary N) is 1. The molecule has 0 unspecified atom stereocenters. The minimum Gasteiger partial charge on any atom is -0.396 e. The van der Waals surface area contributed by atoms with Gasteiger partial charge in [0.1, 0.15) is 5.82 Å². The Labute approximate surface area is 124 Å². The van der Waals surface area contributed by atoms with E-state index < -0.39 is 21.4 Å². The largest absolute Gasteiger partial charge is 0.396 e. The van der Waals surface area contributed by atoms with E-state index >= 15 is 0 Å². The third-order valence-corrected chi connectivity index (χ3v) is 5.04. The Morgan fingerprint density at radius 1 is 1.10 bits per heavy atom. The molecule has 2 N–H and O–H groups in total. The molecule has 0 aliphatic rings. The van der Waals surface area contributed by atoms with E-state index in [2.05, 4.69) is 0 Å². The summed E-state index contributed by atoms with van der Waals surface area (Å²) in [7, 11) is -3.59. The Bertz CT molecular complexity index is 737. The lowest BCUT2D eigenvalue weighted by molar-refractivity contribution is 0.588. The van der Waals surface area contributed by atoms with E-state index in [1.807, 2.05) is 13.8 Å². The van der Waals surface area contributed by atoms with Crippen LogP contribution in [0.25, 0.3) is 0 Å². The number of nitrogen functional groups attached to an aromatic ring is 1. The molecule has 112 valence electrons. The van der Waals surface area contributed by atoms with Gasteiger partial charge in [-0.3, -0.25) is 0 Å². The summed E-state index contributed by atoms with van der Waals surface area (Å²) < 4.78 is 38.5. The SMILES string of the molecule is CC(C)c1ccc(S(=O)(=O)Cc2cccc(N)c2F)cc1. The standard InChI is InChI=1S/C16H18FNO2S/c1-11(2)12-6-8-14(9-7-12)21(19,20)10-13-4-3-5-15(18)16(13)17/h3-9,11H,10,18H2,1-2H3. The van der Waals surface area contributed by atoms with Gasteiger partial charge in [0.15, 0.2) is 9.84 Å². The van der Waals surface area contributed by atoms with Gasteiger partial charge in [0.25, 0.3) is 0 Å². The third kappa shape index (κ3) is 3.42. The molecule has 21 heavy (non-hydrogen) atoms. The Hall–Kier alpha value is -1.88. The highest BCUT2D eigenvalue weighted by Gasteiger charge is 2.18. The maximum atomic E-state index is 13.8. The predicted molar refractivity (Wildman–Crippen MR) is 82.2 cm³/mol. The predicted octanol–water partition coefficient (Wildman–Crippen LogP) is 3.51. The molecule has 0 heterocycles.